The minimum Gasteiger partial charge on any atom is -0.464 e. The van der Waals surface area contributed by atoms with Crippen LogP contribution in [0, 0.1) is 11.3 Å². The molecule has 98 valence electrons. The molecule has 1 spiro atoms. The van der Waals surface area contributed by atoms with Crippen LogP contribution in [0.1, 0.15) is 58.8 Å². The van der Waals surface area contributed by atoms with Crippen molar-refractivity contribution in [2.24, 2.45) is 17.1 Å². The van der Waals surface area contributed by atoms with E-state index in [9.17, 15) is 4.79 Å². The number of nitrogens with two attached hydrogens (primary N) is 1. The maximum absolute atomic E-state index is 11.6. The van der Waals surface area contributed by atoms with Gasteiger partial charge < -0.3 is 10.5 Å². The van der Waals surface area contributed by atoms with Gasteiger partial charge in [0.1, 0.15) is 5.54 Å². The molecule has 0 heterocycles. The van der Waals surface area contributed by atoms with Crippen molar-refractivity contribution in [2.45, 2.75) is 64.3 Å². The summed E-state index contributed by atoms with van der Waals surface area (Å²) in [6.07, 6.45) is 9.38. The van der Waals surface area contributed by atoms with Crippen molar-refractivity contribution < 1.29 is 9.53 Å². The molecule has 3 heteroatoms. The highest BCUT2D eigenvalue weighted by atomic mass is 16.5. The van der Waals surface area contributed by atoms with Crippen LogP contribution in [0.3, 0.4) is 0 Å². The summed E-state index contributed by atoms with van der Waals surface area (Å²) in [6, 6.07) is 0. The third-order valence-electron chi connectivity index (χ3n) is 4.56. The zero-order valence-electron chi connectivity index (χ0n) is 11.1. The monoisotopic (exact) mass is 239 g/mol. The highest BCUT2D eigenvalue weighted by Gasteiger charge is 2.40. The Kier molecular flexibility index (Phi) is 3.48. The van der Waals surface area contributed by atoms with Gasteiger partial charge in [-0.2, -0.15) is 0 Å². The van der Waals surface area contributed by atoms with E-state index in [4.69, 9.17) is 10.5 Å². The highest BCUT2D eigenvalue weighted by Crippen LogP contribution is 2.52. The second kappa shape index (κ2) is 4.60. The Morgan fingerprint density at radius 1 is 1.29 bits per heavy atom. The molecule has 0 saturated heterocycles. The summed E-state index contributed by atoms with van der Waals surface area (Å²) in [7, 11) is 0. The van der Waals surface area contributed by atoms with Crippen LogP contribution in [0.5, 0.6) is 0 Å². The van der Waals surface area contributed by atoms with Gasteiger partial charge in [0, 0.05) is 0 Å². The van der Waals surface area contributed by atoms with Crippen LogP contribution in [-0.2, 0) is 9.53 Å². The Morgan fingerprint density at radius 3 is 2.29 bits per heavy atom. The molecule has 0 amide bonds. The average Bonchev–Trinajstić information content (AvgIpc) is 2.23. The first-order chi connectivity index (χ1) is 7.91. The first kappa shape index (κ1) is 12.9. The van der Waals surface area contributed by atoms with Gasteiger partial charge in [-0.05, 0) is 63.7 Å². The van der Waals surface area contributed by atoms with Crippen molar-refractivity contribution in [1.29, 1.82) is 0 Å². The average molecular weight is 239 g/mol. The van der Waals surface area contributed by atoms with Crippen LogP contribution in [0.4, 0.5) is 0 Å². The van der Waals surface area contributed by atoms with Crippen molar-refractivity contribution in [3.05, 3.63) is 0 Å². The Morgan fingerprint density at radius 2 is 1.88 bits per heavy atom. The van der Waals surface area contributed by atoms with E-state index in [1.807, 2.05) is 0 Å². The quantitative estimate of drug-likeness (QED) is 0.770. The maximum Gasteiger partial charge on any atom is 0.325 e. The second-order valence-electron chi connectivity index (χ2n) is 6.62. The highest BCUT2D eigenvalue weighted by molar-refractivity contribution is 5.79. The van der Waals surface area contributed by atoms with E-state index in [2.05, 4.69) is 0 Å². The first-order valence-electron chi connectivity index (χ1n) is 6.87. The van der Waals surface area contributed by atoms with Crippen LogP contribution in [0.15, 0.2) is 0 Å². The molecule has 0 bridgehead atoms. The lowest BCUT2D eigenvalue weighted by atomic mass is 9.59. The molecule has 17 heavy (non-hydrogen) atoms. The molecule has 2 aliphatic carbocycles. The van der Waals surface area contributed by atoms with Crippen LogP contribution < -0.4 is 5.73 Å². The normalized spacial score (nSPS) is 24.4. The van der Waals surface area contributed by atoms with Crippen molar-refractivity contribution >= 4 is 5.97 Å². The molecule has 2 fully saturated rings. The van der Waals surface area contributed by atoms with E-state index in [0.29, 0.717) is 17.9 Å². The Hall–Kier alpha value is -0.570. The Bertz CT molecular complexity index is 279. The topological polar surface area (TPSA) is 52.3 Å². The number of esters is 1. The third kappa shape index (κ3) is 3.01. The van der Waals surface area contributed by atoms with E-state index in [1.54, 1.807) is 13.8 Å². The van der Waals surface area contributed by atoms with E-state index in [1.165, 1.54) is 44.9 Å². The lowest BCUT2D eigenvalue weighted by Gasteiger charge is -2.47. The molecule has 2 N–H and O–H groups in total. The maximum atomic E-state index is 11.6. The Labute approximate surface area is 104 Å². The van der Waals surface area contributed by atoms with Gasteiger partial charge in [-0.15, -0.1) is 0 Å². The summed E-state index contributed by atoms with van der Waals surface area (Å²) in [6.45, 7) is 3.95. The van der Waals surface area contributed by atoms with Crippen molar-refractivity contribution in [3.63, 3.8) is 0 Å². The standard InChI is InChI=1S/C14H25NO2/c1-13(2,15)12(16)17-10-11-4-8-14(9-5-11)6-3-7-14/h11H,3-10,15H2,1-2H3. The number of rotatable bonds is 3. The minimum atomic E-state index is -0.857. The van der Waals surface area contributed by atoms with Gasteiger partial charge in [-0.3, -0.25) is 4.79 Å². The predicted molar refractivity (Wildman–Crippen MR) is 67.5 cm³/mol. The van der Waals surface area contributed by atoms with Gasteiger partial charge in [-0.1, -0.05) is 6.42 Å². The van der Waals surface area contributed by atoms with Gasteiger partial charge in [0.25, 0.3) is 0 Å². The Balaban J connectivity index is 1.70. The number of hydrogen-bond donors (Lipinski definition) is 1. The molecule has 0 aromatic heterocycles. The molecule has 2 rings (SSSR count). The van der Waals surface area contributed by atoms with Gasteiger partial charge in [0.05, 0.1) is 6.61 Å². The molecule has 0 aromatic carbocycles. The van der Waals surface area contributed by atoms with Crippen LogP contribution in [0.25, 0.3) is 0 Å². The molecule has 0 radical (unpaired) electrons. The van der Waals surface area contributed by atoms with E-state index in [0.717, 1.165) is 0 Å². The second-order valence-corrected chi connectivity index (χ2v) is 6.62. The summed E-state index contributed by atoms with van der Waals surface area (Å²) in [5, 5.41) is 0. The van der Waals surface area contributed by atoms with Gasteiger partial charge in [-0.25, -0.2) is 0 Å². The predicted octanol–water partition coefficient (Wildman–Crippen LogP) is 2.63. The molecule has 0 unspecified atom stereocenters. The fourth-order valence-corrected chi connectivity index (χ4v) is 3.01. The fourth-order valence-electron chi connectivity index (χ4n) is 3.01. The van der Waals surface area contributed by atoms with Crippen molar-refractivity contribution in [2.75, 3.05) is 6.61 Å². The molecule has 0 aromatic rings. The molecule has 2 aliphatic rings. The molecular formula is C14H25NO2. The molecule has 0 atom stereocenters. The first-order valence-corrected chi connectivity index (χ1v) is 6.87. The van der Waals surface area contributed by atoms with Crippen LogP contribution in [-0.4, -0.2) is 18.1 Å². The number of carbonyl (C=O) groups excluding carboxylic acids is 1. The number of hydrogen-bond acceptors (Lipinski definition) is 3. The lowest BCUT2D eigenvalue weighted by Crippen LogP contribution is -2.43. The molecule has 2 saturated carbocycles. The minimum absolute atomic E-state index is 0.276. The zero-order valence-corrected chi connectivity index (χ0v) is 11.1. The van der Waals surface area contributed by atoms with E-state index < -0.39 is 5.54 Å². The summed E-state index contributed by atoms with van der Waals surface area (Å²) < 4.78 is 5.30. The fraction of sp³-hybridized carbons (Fsp3) is 0.929. The van der Waals surface area contributed by atoms with Gasteiger partial charge >= 0.3 is 5.97 Å². The van der Waals surface area contributed by atoms with E-state index in [-0.39, 0.29) is 5.97 Å². The molecule has 3 nitrogen and oxygen atoms in total. The molecular weight excluding hydrogens is 214 g/mol. The van der Waals surface area contributed by atoms with E-state index >= 15 is 0 Å². The van der Waals surface area contributed by atoms with Crippen molar-refractivity contribution in [3.8, 4) is 0 Å². The third-order valence-corrected chi connectivity index (χ3v) is 4.56. The van der Waals surface area contributed by atoms with Crippen LogP contribution >= 0.6 is 0 Å². The smallest absolute Gasteiger partial charge is 0.325 e. The summed E-state index contributed by atoms with van der Waals surface area (Å²) in [5.74, 6) is 0.286. The number of carbonyl (C=O) groups is 1. The number of ether oxygens (including phenoxy) is 1. The SMILES string of the molecule is CC(C)(N)C(=O)OCC1CCC2(CCC2)CC1. The van der Waals surface area contributed by atoms with Gasteiger partial charge in [0.2, 0.25) is 0 Å². The summed E-state index contributed by atoms with van der Waals surface area (Å²) in [5.41, 5.74) is 5.52. The summed E-state index contributed by atoms with van der Waals surface area (Å²) >= 11 is 0. The summed E-state index contributed by atoms with van der Waals surface area (Å²) in [4.78, 5) is 11.6. The van der Waals surface area contributed by atoms with Crippen molar-refractivity contribution in [1.82, 2.24) is 0 Å². The zero-order chi connectivity index (χ0) is 12.5. The van der Waals surface area contributed by atoms with Crippen LogP contribution in [0.2, 0.25) is 0 Å². The molecule has 0 aliphatic heterocycles. The largest absolute Gasteiger partial charge is 0.464 e. The van der Waals surface area contributed by atoms with Gasteiger partial charge in [0.15, 0.2) is 0 Å². The lowest BCUT2D eigenvalue weighted by molar-refractivity contribution is -0.151.